The van der Waals surface area contributed by atoms with Gasteiger partial charge in [-0.25, -0.2) is 8.42 Å². The lowest BCUT2D eigenvalue weighted by Crippen LogP contribution is -2.51. The topological polar surface area (TPSA) is 86.8 Å². The molecule has 1 aromatic carbocycles. The molecule has 0 radical (unpaired) electrons. The molecule has 3 aliphatic rings. The van der Waals surface area contributed by atoms with E-state index in [1.807, 2.05) is 6.92 Å². The zero-order valence-corrected chi connectivity index (χ0v) is 17.7. The van der Waals surface area contributed by atoms with Crippen molar-refractivity contribution < 1.29 is 18.0 Å². The number of sulfonamides is 1. The van der Waals surface area contributed by atoms with E-state index in [-0.39, 0.29) is 22.6 Å². The van der Waals surface area contributed by atoms with E-state index in [1.54, 1.807) is 29.2 Å². The minimum absolute atomic E-state index is 0.0457. The summed E-state index contributed by atoms with van der Waals surface area (Å²) in [5.74, 6) is -0.0705. The third-order valence-corrected chi connectivity index (χ3v) is 8.14. The number of carbonyl (C=O) groups is 2. The average molecular weight is 420 g/mol. The first-order chi connectivity index (χ1) is 13.9. The Bertz CT molecular complexity index is 872. The van der Waals surface area contributed by atoms with Crippen molar-refractivity contribution in [2.24, 2.45) is 5.92 Å². The number of amides is 2. The van der Waals surface area contributed by atoms with Gasteiger partial charge in [0, 0.05) is 31.6 Å². The van der Waals surface area contributed by atoms with Gasteiger partial charge in [-0.05, 0) is 57.6 Å². The summed E-state index contributed by atoms with van der Waals surface area (Å²) >= 11 is 0. The molecule has 2 amide bonds. The predicted molar refractivity (Wildman–Crippen MR) is 109 cm³/mol. The van der Waals surface area contributed by atoms with Crippen molar-refractivity contribution >= 4 is 21.8 Å². The molecule has 1 aromatic rings. The minimum Gasteiger partial charge on any atom is -0.353 e. The normalized spacial score (nSPS) is 23.9. The third kappa shape index (κ3) is 4.33. The maximum atomic E-state index is 13.1. The van der Waals surface area contributed by atoms with Crippen LogP contribution in [-0.2, 0) is 19.6 Å². The van der Waals surface area contributed by atoms with Crippen LogP contribution in [0, 0.1) is 12.8 Å². The van der Waals surface area contributed by atoms with Crippen LogP contribution in [0.3, 0.4) is 0 Å². The van der Waals surface area contributed by atoms with Crippen LogP contribution in [0.25, 0.3) is 0 Å². The van der Waals surface area contributed by atoms with Gasteiger partial charge in [-0.1, -0.05) is 17.7 Å². The molecule has 1 atom stereocenters. The van der Waals surface area contributed by atoms with Crippen LogP contribution >= 0.6 is 0 Å². The van der Waals surface area contributed by atoms with E-state index in [1.165, 1.54) is 4.31 Å². The molecule has 7 nitrogen and oxygen atoms in total. The first kappa shape index (κ1) is 20.3. The number of piperidine rings is 1. The molecule has 4 rings (SSSR count). The Morgan fingerprint density at radius 2 is 1.62 bits per heavy atom. The molecule has 0 aromatic heterocycles. The highest BCUT2D eigenvalue weighted by Crippen LogP contribution is 2.29. The fourth-order valence-electron chi connectivity index (χ4n) is 4.24. The van der Waals surface area contributed by atoms with Gasteiger partial charge in [0.1, 0.15) is 6.04 Å². The van der Waals surface area contributed by atoms with Crippen LogP contribution in [0.5, 0.6) is 0 Å². The van der Waals surface area contributed by atoms with Gasteiger partial charge < -0.3 is 10.2 Å². The zero-order chi connectivity index (χ0) is 20.6. The Balaban J connectivity index is 1.40. The van der Waals surface area contributed by atoms with Gasteiger partial charge >= 0.3 is 0 Å². The quantitative estimate of drug-likeness (QED) is 0.787. The number of carbonyl (C=O) groups excluding carboxylic acids is 2. The van der Waals surface area contributed by atoms with Crippen molar-refractivity contribution in [3.63, 3.8) is 0 Å². The third-order valence-electron chi connectivity index (χ3n) is 6.22. The second-order valence-corrected chi connectivity index (χ2v) is 10.4. The van der Waals surface area contributed by atoms with Crippen LogP contribution in [-0.4, -0.2) is 61.2 Å². The van der Waals surface area contributed by atoms with Crippen molar-refractivity contribution in [2.45, 2.75) is 62.4 Å². The molecular weight excluding hydrogens is 390 g/mol. The summed E-state index contributed by atoms with van der Waals surface area (Å²) in [7, 11) is -3.70. The molecule has 8 heteroatoms. The SMILES string of the molecule is Cc1ccc(S(=O)(=O)N2CCC[C@H]2C(=O)N2CCC(C(=O)NC3CC3)CC2)cc1. The Morgan fingerprint density at radius 1 is 0.966 bits per heavy atom. The maximum absolute atomic E-state index is 13.1. The molecule has 0 bridgehead atoms. The predicted octanol–water partition coefficient (Wildman–Crippen LogP) is 1.67. The molecule has 0 spiro atoms. The largest absolute Gasteiger partial charge is 0.353 e. The molecule has 2 heterocycles. The van der Waals surface area contributed by atoms with Crippen LogP contribution < -0.4 is 5.32 Å². The molecule has 2 saturated heterocycles. The lowest BCUT2D eigenvalue weighted by molar-refractivity contribution is -0.138. The molecule has 1 saturated carbocycles. The Labute approximate surface area is 172 Å². The van der Waals surface area contributed by atoms with E-state index in [2.05, 4.69) is 5.32 Å². The first-order valence-electron chi connectivity index (χ1n) is 10.5. The fraction of sp³-hybridized carbons (Fsp3) is 0.619. The van der Waals surface area contributed by atoms with Gasteiger partial charge in [0.05, 0.1) is 4.90 Å². The molecule has 0 unspecified atom stereocenters. The Morgan fingerprint density at radius 3 is 2.24 bits per heavy atom. The number of nitrogens with one attached hydrogen (secondary N) is 1. The van der Waals surface area contributed by atoms with E-state index in [0.29, 0.717) is 51.4 Å². The van der Waals surface area contributed by atoms with Crippen LogP contribution in [0.2, 0.25) is 0 Å². The monoisotopic (exact) mass is 419 g/mol. The molecule has 29 heavy (non-hydrogen) atoms. The van der Waals surface area contributed by atoms with Crippen molar-refractivity contribution in [2.75, 3.05) is 19.6 Å². The van der Waals surface area contributed by atoms with Crippen molar-refractivity contribution in [3.05, 3.63) is 29.8 Å². The van der Waals surface area contributed by atoms with Gasteiger partial charge in [-0.15, -0.1) is 0 Å². The van der Waals surface area contributed by atoms with Gasteiger partial charge in [-0.2, -0.15) is 4.31 Å². The number of nitrogens with zero attached hydrogens (tertiary/aromatic N) is 2. The second-order valence-electron chi connectivity index (χ2n) is 8.47. The lowest BCUT2D eigenvalue weighted by atomic mass is 9.95. The van der Waals surface area contributed by atoms with Crippen LogP contribution in [0.1, 0.15) is 44.1 Å². The summed E-state index contributed by atoms with van der Waals surface area (Å²) < 4.78 is 27.6. The van der Waals surface area contributed by atoms with Crippen molar-refractivity contribution in [1.82, 2.24) is 14.5 Å². The maximum Gasteiger partial charge on any atom is 0.243 e. The number of hydrogen-bond donors (Lipinski definition) is 1. The van der Waals surface area contributed by atoms with E-state index in [4.69, 9.17) is 0 Å². The van der Waals surface area contributed by atoms with Crippen LogP contribution in [0.4, 0.5) is 0 Å². The summed E-state index contributed by atoms with van der Waals surface area (Å²) in [6, 6.07) is 6.47. The number of hydrogen-bond acceptors (Lipinski definition) is 4. The Hall–Kier alpha value is -1.93. The summed E-state index contributed by atoms with van der Waals surface area (Å²) in [5.41, 5.74) is 0.992. The van der Waals surface area contributed by atoms with E-state index < -0.39 is 16.1 Å². The molecular formula is C21H29N3O4S. The summed E-state index contributed by atoms with van der Waals surface area (Å²) in [5, 5.41) is 3.04. The molecule has 1 aliphatic carbocycles. The average Bonchev–Trinajstić information content (AvgIpc) is 3.38. The number of rotatable bonds is 5. The molecule has 158 valence electrons. The highest BCUT2D eigenvalue weighted by molar-refractivity contribution is 7.89. The van der Waals surface area contributed by atoms with Crippen molar-refractivity contribution in [3.8, 4) is 0 Å². The number of likely N-dealkylation sites (tertiary alicyclic amines) is 1. The van der Waals surface area contributed by atoms with Gasteiger partial charge in [-0.3, -0.25) is 9.59 Å². The second kappa shape index (κ2) is 8.07. The first-order valence-corrected chi connectivity index (χ1v) is 12.0. The number of benzene rings is 1. The summed E-state index contributed by atoms with van der Waals surface area (Å²) in [4.78, 5) is 27.3. The number of aryl methyl sites for hydroxylation is 1. The van der Waals surface area contributed by atoms with Gasteiger partial charge in [0.15, 0.2) is 0 Å². The lowest BCUT2D eigenvalue weighted by Gasteiger charge is -2.34. The standard InChI is InChI=1S/C21H29N3O4S/c1-15-4-8-18(9-5-15)29(27,28)24-12-2-3-19(24)21(26)23-13-10-16(11-14-23)20(25)22-17-6-7-17/h4-5,8-9,16-17,19H,2-3,6-7,10-14H2,1H3,(H,22,25)/t19-/m0/s1. The molecule has 1 N–H and O–H groups in total. The van der Waals surface area contributed by atoms with Crippen LogP contribution in [0.15, 0.2) is 29.2 Å². The van der Waals surface area contributed by atoms with E-state index in [0.717, 1.165) is 18.4 Å². The molecule has 2 aliphatic heterocycles. The summed E-state index contributed by atoms with van der Waals surface area (Å²) in [6.45, 7) is 3.30. The smallest absolute Gasteiger partial charge is 0.243 e. The highest BCUT2D eigenvalue weighted by Gasteiger charge is 2.42. The Kier molecular flexibility index (Phi) is 5.66. The van der Waals surface area contributed by atoms with Crippen molar-refractivity contribution in [1.29, 1.82) is 0 Å². The highest BCUT2D eigenvalue weighted by atomic mass is 32.2. The van der Waals surface area contributed by atoms with E-state index in [9.17, 15) is 18.0 Å². The van der Waals surface area contributed by atoms with Gasteiger partial charge in [0.25, 0.3) is 0 Å². The minimum atomic E-state index is -3.70. The zero-order valence-electron chi connectivity index (χ0n) is 16.8. The van der Waals surface area contributed by atoms with E-state index >= 15 is 0 Å². The van der Waals surface area contributed by atoms with Gasteiger partial charge in [0.2, 0.25) is 21.8 Å². The summed E-state index contributed by atoms with van der Waals surface area (Å²) in [6.07, 6.45) is 4.64. The molecule has 3 fully saturated rings. The fourth-order valence-corrected chi connectivity index (χ4v) is 5.89.